The van der Waals surface area contributed by atoms with Crippen molar-refractivity contribution >= 4 is 17.6 Å². The van der Waals surface area contributed by atoms with Crippen LogP contribution in [0, 0.1) is 5.95 Å². The Hall–Kier alpha value is -1.98. The molecule has 0 aliphatic rings. The van der Waals surface area contributed by atoms with E-state index in [9.17, 15) is 14.0 Å². The van der Waals surface area contributed by atoms with E-state index in [1.165, 1.54) is 6.92 Å². The van der Waals surface area contributed by atoms with E-state index in [4.69, 9.17) is 5.11 Å². The lowest BCUT2D eigenvalue weighted by molar-refractivity contribution is -0.114. The zero-order chi connectivity index (χ0) is 10.7. The maximum Gasteiger partial charge on any atom is 0.338 e. The van der Waals surface area contributed by atoms with E-state index in [-0.39, 0.29) is 11.3 Å². The summed E-state index contributed by atoms with van der Waals surface area (Å²) in [6.07, 6.45) is 0.959. The molecule has 5 nitrogen and oxygen atoms in total. The monoisotopic (exact) mass is 198 g/mol. The molecule has 0 aromatic carbocycles. The van der Waals surface area contributed by atoms with Crippen molar-refractivity contribution in [2.45, 2.75) is 6.92 Å². The van der Waals surface area contributed by atoms with E-state index >= 15 is 0 Å². The third-order valence-corrected chi connectivity index (χ3v) is 1.41. The Labute approximate surface area is 78.6 Å². The fourth-order valence-electron chi connectivity index (χ4n) is 0.896. The maximum absolute atomic E-state index is 12.6. The second-order valence-electron chi connectivity index (χ2n) is 2.54. The first kappa shape index (κ1) is 10.1. The first-order valence-corrected chi connectivity index (χ1v) is 3.67. The second-order valence-corrected chi connectivity index (χ2v) is 2.54. The van der Waals surface area contributed by atoms with Crippen molar-refractivity contribution in [3.63, 3.8) is 0 Å². The molecule has 1 aromatic rings. The SMILES string of the molecule is CC(=O)Nc1cnc(F)cc1C(=O)O. The van der Waals surface area contributed by atoms with E-state index in [0.717, 1.165) is 12.3 Å². The topological polar surface area (TPSA) is 79.3 Å². The molecule has 1 rings (SSSR count). The van der Waals surface area contributed by atoms with Crippen molar-refractivity contribution in [3.05, 3.63) is 23.8 Å². The van der Waals surface area contributed by atoms with Crippen LogP contribution in [0.15, 0.2) is 12.3 Å². The van der Waals surface area contributed by atoms with Gasteiger partial charge in [0.1, 0.15) is 0 Å². The van der Waals surface area contributed by atoms with Gasteiger partial charge >= 0.3 is 5.97 Å². The van der Waals surface area contributed by atoms with Gasteiger partial charge in [-0.05, 0) is 0 Å². The summed E-state index contributed by atoms with van der Waals surface area (Å²) in [5.74, 6) is -2.67. The molecular weight excluding hydrogens is 191 g/mol. The summed E-state index contributed by atoms with van der Waals surface area (Å²) in [5, 5.41) is 10.9. The van der Waals surface area contributed by atoms with E-state index in [2.05, 4.69) is 10.3 Å². The number of hydrogen-bond acceptors (Lipinski definition) is 3. The second kappa shape index (κ2) is 3.82. The highest BCUT2D eigenvalue weighted by molar-refractivity contribution is 5.99. The van der Waals surface area contributed by atoms with Crippen LogP contribution in [-0.4, -0.2) is 22.0 Å². The number of pyridine rings is 1. The molecule has 0 saturated heterocycles. The van der Waals surface area contributed by atoms with Crippen molar-refractivity contribution in [2.75, 3.05) is 5.32 Å². The average molecular weight is 198 g/mol. The molecule has 0 aliphatic heterocycles. The zero-order valence-corrected chi connectivity index (χ0v) is 7.24. The van der Waals surface area contributed by atoms with Crippen molar-refractivity contribution in [3.8, 4) is 0 Å². The molecule has 6 heteroatoms. The molecule has 0 radical (unpaired) electrons. The van der Waals surface area contributed by atoms with E-state index in [1.807, 2.05) is 0 Å². The Bertz CT molecular complexity index is 392. The number of nitrogens with one attached hydrogen (secondary N) is 1. The summed E-state index contributed by atoms with van der Waals surface area (Å²) in [5.41, 5.74) is -0.348. The number of halogens is 1. The first-order chi connectivity index (χ1) is 6.50. The molecule has 0 atom stereocenters. The molecule has 0 spiro atoms. The summed E-state index contributed by atoms with van der Waals surface area (Å²) >= 11 is 0. The van der Waals surface area contributed by atoms with Crippen molar-refractivity contribution in [2.24, 2.45) is 0 Å². The van der Waals surface area contributed by atoms with Gasteiger partial charge in [-0.25, -0.2) is 9.78 Å². The maximum atomic E-state index is 12.6. The number of aromatic carboxylic acids is 1. The fourth-order valence-corrected chi connectivity index (χ4v) is 0.896. The molecule has 0 fully saturated rings. The Morgan fingerprint density at radius 2 is 2.21 bits per heavy atom. The lowest BCUT2D eigenvalue weighted by Crippen LogP contribution is -2.11. The molecule has 14 heavy (non-hydrogen) atoms. The highest BCUT2D eigenvalue weighted by atomic mass is 19.1. The van der Waals surface area contributed by atoms with Crippen molar-refractivity contribution in [1.82, 2.24) is 4.98 Å². The predicted molar refractivity (Wildman–Crippen MR) is 45.5 cm³/mol. The Balaban J connectivity index is 3.14. The molecule has 0 aliphatic carbocycles. The summed E-state index contributed by atoms with van der Waals surface area (Å²) in [6, 6.07) is 0.744. The molecule has 0 unspecified atom stereocenters. The van der Waals surface area contributed by atoms with Gasteiger partial charge in [0, 0.05) is 13.0 Å². The molecule has 0 saturated carbocycles. The highest BCUT2D eigenvalue weighted by Gasteiger charge is 2.12. The van der Waals surface area contributed by atoms with E-state index in [1.54, 1.807) is 0 Å². The number of rotatable bonds is 2. The fraction of sp³-hybridized carbons (Fsp3) is 0.125. The third kappa shape index (κ3) is 2.25. The van der Waals surface area contributed by atoms with Crippen LogP contribution in [-0.2, 0) is 4.79 Å². The van der Waals surface area contributed by atoms with Crippen LogP contribution < -0.4 is 5.32 Å². The van der Waals surface area contributed by atoms with Gasteiger partial charge in [-0.3, -0.25) is 4.79 Å². The lowest BCUT2D eigenvalue weighted by atomic mass is 10.2. The summed E-state index contributed by atoms with van der Waals surface area (Å²) in [7, 11) is 0. The van der Waals surface area contributed by atoms with E-state index < -0.39 is 17.8 Å². The number of carbonyl (C=O) groups is 2. The van der Waals surface area contributed by atoms with Crippen molar-refractivity contribution in [1.29, 1.82) is 0 Å². The van der Waals surface area contributed by atoms with Crippen LogP contribution in [0.25, 0.3) is 0 Å². The van der Waals surface area contributed by atoms with Crippen molar-refractivity contribution < 1.29 is 19.1 Å². The van der Waals surface area contributed by atoms with Crippen LogP contribution in [0.1, 0.15) is 17.3 Å². The number of nitrogens with zero attached hydrogens (tertiary/aromatic N) is 1. The highest BCUT2D eigenvalue weighted by Crippen LogP contribution is 2.14. The third-order valence-electron chi connectivity index (χ3n) is 1.41. The Morgan fingerprint density at radius 3 is 2.71 bits per heavy atom. The van der Waals surface area contributed by atoms with Gasteiger partial charge in [0.2, 0.25) is 11.9 Å². The van der Waals surface area contributed by atoms with Gasteiger partial charge in [-0.2, -0.15) is 4.39 Å². The van der Waals surface area contributed by atoms with Crippen LogP contribution >= 0.6 is 0 Å². The summed E-state index contributed by atoms with van der Waals surface area (Å²) < 4.78 is 12.6. The molecule has 0 bridgehead atoms. The van der Waals surface area contributed by atoms with Crippen LogP contribution in [0.2, 0.25) is 0 Å². The number of aromatic nitrogens is 1. The minimum Gasteiger partial charge on any atom is -0.478 e. The van der Waals surface area contributed by atoms with Gasteiger partial charge in [-0.15, -0.1) is 0 Å². The number of carboxylic acid groups (broad SMARTS) is 1. The minimum atomic E-state index is -1.32. The Kier molecular flexibility index (Phi) is 2.76. The molecule has 1 aromatic heterocycles. The standard InChI is InChI=1S/C8H7FN2O3/c1-4(12)11-6-3-10-7(9)2-5(6)8(13)14/h2-3H,1H3,(H,11,12)(H,13,14). The minimum absolute atomic E-state index is 0.0219. The average Bonchev–Trinajstić information content (AvgIpc) is 2.07. The number of hydrogen-bond donors (Lipinski definition) is 2. The Morgan fingerprint density at radius 1 is 1.57 bits per heavy atom. The molecule has 2 N–H and O–H groups in total. The lowest BCUT2D eigenvalue weighted by Gasteiger charge is -2.04. The van der Waals surface area contributed by atoms with Crippen LogP contribution in [0.3, 0.4) is 0 Å². The smallest absolute Gasteiger partial charge is 0.338 e. The molecule has 74 valence electrons. The van der Waals surface area contributed by atoms with Gasteiger partial charge in [0.05, 0.1) is 17.4 Å². The number of amides is 1. The van der Waals surface area contributed by atoms with Gasteiger partial charge < -0.3 is 10.4 Å². The quantitative estimate of drug-likeness (QED) is 0.691. The largest absolute Gasteiger partial charge is 0.478 e. The van der Waals surface area contributed by atoms with Crippen LogP contribution in [0.5, 0.6) is 0 Å². The summed E-state index contributed by atoms with van der Waals surface area (Å²) in [6.45, 7) is 1.22. The predicted octanol–water partition coefficient (Wildman–Crippen LogP) is 0.877. The molecule has 1 heterocycles. The number of carboxylic acids is 1. The number of carbonyl (C=O) groups excluding carboxylic acids is 1. The van der Waals surface area contributed by atoms with Gasteiger partial charge in [-0.1, -0.05) is 0 Å². The summed E-state index contributed by atoms with van der Waals surface area (Å²) in [4.78, 5) is 24.5. The van der Waals surface area contributed by atoms with E-state index in [0.29, 0.717) is 0 Å². The number of anilines is 1. The molecular formula is C8H7FN2O3. The van der Waals surface area contributed by atoms with Gasteiger partial charge in [0.25, 0.3) is 0 Å². The van der Waals surface area contributed by atoms with Gasteiger partial charge in [0.15, 0.2) is 0 Å². The first-order valence-electron chi connectivity index (χ1n) is 3.67. The van der Waals surface area contributed by atoms with Crippen LogP contribution in [0.4, 0.5) is 10.1 Å². The zero-order valence-electron chi connectivity index (χ0n) is 7.24. The normalized spacial score (nSPS) is 9.57. The molecule has 1 amide bonds.